The van der Waals surface area contributed by atoms with E-state index in [2.05, 4.69) is 0 Å². The topological polar surface area (TPSA) is 235 Å². The Balaban J connectivity index is 1.91. The van der Waals surface area contributed by atoms with Crippen LogP contribution in [0.1, 0.15) is 65.9 Å². The van der Waals surface area contributed by atoms with E-state index in [9.17, 15) is 54.0 Å². The summed E-state index contributed by atoms with van der Waals surface area (Å²) in [4.78, 5) is 87.3. The van der Waals surface area contributed by atoms with Crippen LogP contribution in [0.2, 0.25) is 0 Å². The van der Waals surface area contributed by atoms with Gasteiger partial charge in [-0.2, -0.15) is 0 Å². The zero-order valence-electron chi connectivity index (χ0n) is 27.7. The zero-order valence-corrected chi connectivity index (χ0v) is 27.7. The number of hydrogen-bond donors (Lipinski definition) is 4. The molecule has 0 atom stereocenters. The zero-order chi connectivity index (χ0) is 37.6. The number of nitrogens with zero attached hydrogens (tertiary/aromatic N) is 2. The van der Waals surface area contributed by atoms with Crippen molar-refractivity contribution in [1.29, 1.82) is 0 Å². The second kappa shape index (κ2) is 13.1. The van der Waals surface area contributed by atoms with Gasteiger partial charge in [-0.3, -0.25) is 28.8 Å². The molecule has 0 radical (unpaired) electrons. The molecule has 1 heterocycles. The largest absolute Gasteiger partial charge is 0.480 e. The van der Waals surface area contributed by atoms with Crippen LogP contribution in [0.15, 0.2) is 48.5 Å². The van der Waals surface area contributed by atoms with Crippen molar-refractivity contribution in [2.45, 2.75) is 38.7 Å². The van der Waals surface area contributed by atoms with Crippen molar-refractivity contribution in [2.75, 3.05) is 36.0 Å². The Morgan fingerprint density at radius 1 is 0.608 bits per heavy atom. The molecule has 0 amide bonds. The normalized spacial score (nSPS) is 14.3. The van der Waals surface area contributed by atoms with Gasteiger partial charge in [0.25, 0.3) is 0 Å². The van der Waals surface area contributed by atoms with E-state index in [4.69, 9.17) is 14.2 Å². The minimum atomic E-state index is -1.83. The maximum Gasteiger partial charge on any atom is 0.340 e. The minimum Gasteiger partial charge on any atom is -0.480 e. The SMILES string of the molecule is CC(=O)Oc1ccc2c(c1)C(C)(C)c1cc(OC(C)=O)ccc1C21OC(=O)c2cc(N(CC(=O)O)CC(=O)O)c(N(CC(=O)O)CC(=O)O)cc21. The van der Waals surface area contributed by atoms with Gasteiger partial charge in [0.05, 0.1) is 16.9 Å². The molecule has 266 valence electrons. The Morgan fingerprint density at radius 2 is 1.00 bits per heavy atom. The average Bonchev–Trinajstić information content (AvgIpc) is 3.29. The lowest BCUT2D eigenvalue weighted by Gasteiger charge is -2.44. The number of anilines is 2. The average molecular weight is 705 g/mol. The maximum absolute atomic E-state index is 14.0. The molecule has 51 heavy (non-hydrogen) atoms. The van der Waals surface area contributed by atoms with Crippen LogP contribution < -0.4 is 19.3 Å². The summed E-state index contributed by atoms with van der Waals surface area (Å²) >= 11 is 0. The highest BCUT2D eigenvalue weighted by Crippen LogP contribution is 2.58. The monoisotopic (exact) mass is 704 g/mol. The molecule has 0 fully saturated rings. The summed E-state index contributed by atoms with van der Waals surface area (Å²) in [6.45, 7) is 2.48. The van der Waals surface area contributed by atoms with Crippen molar-refractivity contribution < 1.29 is 68.2 Å². The summed E-state index contributed by atoms with van der Waals surface area (Å²) in [7, 11) is 0. The molecule has 1 aliphatic heterocycles. The van der Waals surface area contributed by atoms with Gasteiger partial charge in [-0.15, -0.1) is 0 Å². The van der Waals surface area contributed by atoms with Gasteiger partial charge in [0.1, 0.15) is 37.7 Å². The van der Waals surface area contributed by atoms with Crippen LogP contribution in [0.3, 0.4) is 0 Å². The molecule has 0 saturated carbocycles. The van der Waals surface area contributed by atoms with Gasteiger partial charge in [-0.25, -0.2) is 4.79 Å². The fourth-order valence-electron chi connectivity index (χ4n) is 6.74. The number of benzene rings is 3. The quantitative estimate of drug-likeness (QED) is 0.157. The number of fused-ring (bicyclic) bond motifs is 6. The third-order valence-electron chi connectivity index (χ3n) is 8.56. The van der Waals surface area contributed by atoms with Crippen molar-refractivity contribution in [2.24, 2.45) is 0 Å². The van der Waals surface area contributed by atoms with E-state index in [1.165, 1.54) is 32.0 Å². The first-order valence-electron chi connectivity index (χ1n) is 15.3. The van der Waals surface area contributed by atoms with E-state index in [1.54, 1.807) is 24.3 Å². The highest BCUT2D eigenvalue weighted by Gasteiger charge is 2.56. The summed E-state index contributed by atoms with van der Waals surface area (Å²) in [5.41, 5.74) is -1.49. The second-order valence-corrected chi connectivity index (χ2v) is 12.5. The standard InChI is InChI=1S/C35H32N2O14/c1-17(38)49-19-5-7-22-25(9-19)34(3,4)26-10-20(50-18(2)39)6-8-23(26)35(22)24-12-28(37(15-31(44)45)16-32(46)47)27(11-21(24)33(48)51-35)36(13-29(40)41)14-30(42)43/h5-12H,13-16H2,1-4H3,(H,40,41)(H,42,43)(H,44,45)(H,46,47). The van der Waals surface area contributed by atoms with Crippen LogP contribution >= 0.6 is 0 Å². The number of rotatable bonds is 12. The molecular formula is C35H32N2O14. The van der Waals surface area contributed by atoms with Crippen LogP contribution in [0.4, 0.5) is 11.4 Å². The van der Waals surface area contributed by atoms with Gasteiger partial charge in [0.2, 0.25) is 0 Å². The van der Waals surface area contributed by atoms with Crippen LogP contribution in [-0.4, -0.2) is 88.4 Å². The molecule has 2 aliphatic rings. The lowest BCUT2D eigenvalue weighted by Crippen LogP contribution is -2.42. The summed E-state index contributed by atoms with van der Waals surface area (Å²) in [6.07, 6.45) is 0. The number of aliphatic carboxylic acids is 4. The first kappa shape index (κ1) is 35.8. The van der Waals surface area contributed by atoms with Gasteiger partial charge in [0, 0.05) is 36.0 Å². The molecule has 0 bridgehead atoms. The Bertz CT molecular complexity index is 1930. The van der Waals surface area contributed by atoms with Crippen LogP contribution in [0, 0.1) is 0 Å². The molecule has 16 nitrogen and oxygen atoms in total. The van der Waals surface area contributed by atoms with Gasteiger partial charge in [-0.1, -0.05) is 26.0 Å². The number of carbonyl (C=O) groups excluding carboxylic acids is 3. The number of esters is 3. The number of ether oxygens (including phenoxy) is 3. The van der Waals surface area contributed by atoms with Gasteiger partial charge >= 0.3 is 41.8 Å². The fraction of sp³-hybridized carbons (Fsp3) is 0.286. The van der Waals surface area contributed by atoms with Crippen molar-refractivity contribution in [3.05, 3.63) is 81.9 Å². The van der Waals surface area contributed by atoms with E-state index < -0.39 is 79.0 Å². The minimum absolute atomic E-state index is 0.0936. The Labute approximate surface area is 289 Å². The lowest BCUT2D eigenvalue weighted by molar-refractivity contribution is -0.138. The van der Waals surface area contributed by atoms with E-state index in [1.807, 2.05) is 13.8 Å². The number of hydrogen-bond acceptors (Lipinski definition) is 12. The summed E-state index contributed by atoms with van der Waals surface area (Å²) in [5, 5.41) is 38.8. The van der Waals surface area contributed by atoms with Crippen molar-refractivity contribution in [3.8, 4) is 11.5 Å². The summed E-state index contributed by atoms with van der Waals surface area (Å²) in [5.74, 6) is -7.64. The van der Waals surface area contributed by atoms with E-state index in [0.29, 0.717) is 22.3 Å². The van der Waals surface area contributed by atoms with Gasteiger partial charge in [-0.05, 0) is 47.5 Å². The third kappa shape index (κ3) is 6.62. The van der Waals surface area contributed by atoms with Gasteiger partial charge in [0.15, 0.2) is 5.60 Å². The molecule has 4 N–H and O–H groups in total. The molecule has 3 aromatic carbocycles. The molecule has 0 aromatic heterocycles. The molecule has 16 heteroatoms. The van der Waals surface area contributed by atoms with E-state index in [-0.39, 0.29) is 34.0 Å². The van der Waals surface area contributed by atoms with E-state index in [0.717, 1.165) is 15.9 Å². The predicted molar refractivity (Wildman–Crippen MR) is 174 cm³/mol. The molecule has 0 unspecified atom stereocenters. The van der Waals surface area contributed by atoms with Crippen molar-refractivity contribution in [1.82, 2.24) is 0 Å². The molecule has 3 aromatic rings. The smallest absolute Gasteiger partial charge is 0.340 e. The predicted octanol–water partition coefficient (Wildman–Crippen LogP) is 2.59. The summed E-state index contributed by atoms with van der Waals surface area (Å²) < 4.78 is 17.0. The molecule has 1 spiro atoms. The number of carboxylic acids is 4. The molecule has 1 aliphatic carbocycles. The third-order valence-corrected chi connectivity index (χ3v) is 8.56. The number of carboxylic acid groups (broad SMARTS) is 4. The van der Waals surface area contributed by atoms with Crippen molar-refractivity contribution >= 4 is 53.2 Å². The Kier molecular flexibility index (Phi) is 9.22. The maximum atomic E-state index is 14.0. The fourth-order valence-corrected chi connectivity index (χ4v) is 6.74. The Hall–Kier alpha value is -6.45. The first-order chi connectivity index (χ1) is 23.8. The highest BCUT2D eigenvalue weighted by atomic mass is 16.6. The van der Waals surface area contributed by atoms with Crippen LogP contribution in [0.5, 0.6) is 11.5 Å². The summed E-state index contributed by atoms with van der Waals surface area (Å²) in [6, 6.07) is 11.8. The lowest BCUT2D eigenvalue weighted by atomic mass is 9.61. The number of carbonyl (C=O) groups is 7. The van der Waals surface area contributed by atoms with Crippen LogP contribution in [0.25, 0.3) is 0 Å². The molecular weight excluding hydrogens is 672 g/mol. The second-order valence-electron chi connectivity index (χ2n) is 12.5. The molecule has 5 rings (SSSR count). The highest BCUT2D eigenvalue weighted by molar-refractivity contribution is 6.01. The van der Waals surface area contributed by atoms with Crippen LogP contribution in [-0.2, 0) is 44.5 Å². The van der Waals surface area contributed by atoms with Crippen molar-refractivity contribution in [3.63, 3.8) is 0 Å². The van der Waals surface area contributed by atoms with E-state index >= 15 is 0 Å². The molecule has 0 saturated heterocycles. The first-order valence-corrected chi connectivity index (χ1v) is 15.3. The Morgan fingerprint density at radius 3 is 1.37 bits per heavy atom. The van der Waals surface area contributed by atoms with Gasteiger partial charge < -0.3 is 44.4 Å².